The van der Waals surface area contributed by atoms with Gasteiger partial charge in [0.25, 0.3) is 22.6 Å². The van der Waals surface area contributed by atoms with Crippen molar-refractivity contribution < 1.29 is 142 Å². The fourth-order valence-corrected chi connectivity index (χ4v) is 17.8. The van der Waals surface area contributed by atoms with Crippen LogP contribution in [0.5, 0.6) is 23.0 Å². The average Bonchev–Trinajstić information content (AvgIpc) is 1.57. The Bertz CT molecular complexity index is 6150. The van der Waals surface area contributed by atoms with E-state index in [2.05, 4.69) is 16.9 Å². The summed E-state index contributed by atoms with van der Waals surface area (Å²) in [5, 5.41) is 43.6. The second kappa shape index (κ2) is 34.3. The molecule has 9 aliphatic rings. The molecule has 0 saturated carbocycles. The van der Waals surface area contributed by atoms with Crippen LogP contribution in [-0.2, 0) is 105 Å². The second-order valence-corrected chi connectivity index (χ2v) is 34.7. The molecule has 120 heavy (non-hydrogen) atoms. The first kappa shape index (κ1) is 80.6. The summed E-state index contributed by atoms with van der Waals surface area (Å²) in [6.45, 7) is 6.68. The Hall–Kier alpha value is -9.13. The standard InChI is InChI=1S/C19H22FN2O7P.3C18H20FN2O8P/c1-11-5-4-6-14-9-26-30(25,29-16(11)14)27-10-19(20)7-15(23)18(28-19)22-8-12(2)17(24)21-13(22)3;3*1-10-4-3-5-12-8-26-30(25,29-14(10)12)27-9-18(19)6-13(22)16(28-18)21-7-11(2)15(23)20-17(21)24/h4-6,8,15,18,23H,3,7,9-10H2,1-2H3,(H,21,24);3*3-5,7,13,16,22H,6,8-9H2,1-2H3,(H,20,23,24)/t15-,18-,19+,30?;3*13-,16-,18+,30?/m1111/s1/i10D2,18D;16D;9D2;. The summed E-state index contributed by atoms with van der Waals surface area (Å²) in [6.07, 6.45) is -14.2. The number of ether oxygens (including phenoxy) is 4. The Balaban J connectivity index is 0.000000144. The maximum Gasteiger partial charge on any atom is 0.530 e. The molecule has 1 amide bonds. The van der Waals surface area contributed by atoms with Crippen molar-refractivity contribution in [2.24, 2.45) is 0 Å². The SMILES string of the molecule is Cc1cccc2c1OP(=O)(OC[C@]1(F)C[C@@H](O)[C@H](n3cc(C)c(=O)[nH]c3=O)O1)OC2.[2H]C([2H])(OP1(=O)OCc2cccc(C)c2O1)[C@]1(F)C[C@@H](O)[C@H](n2cc(C)c(=O)[nH]c2=O)O1.[2H]C([2H])(OP1(=O)OCc2cccc(C)c2O1)[C@]1(F)C[C@@H](O)[C@]([2H])(N2C=C(C)C(=O)NC2=C)O1.[2H][C@@]1(n2cc(C)c(=O)[nH]c2=O)O[C@](F)(COP2(=O)OCc3cccc(C)c3O2)C[C@H]1O. The van der Waals surface area contributed by atoms with Crippen LogP contribution in [0, 0.1) is 48.5 Å². The minimum absolute atomic E-state index is 0.0360. The van der Waals surface area contributed by atoms with E-state index in [9.17, 15) is 72.2 Å². The number of para-hydroxylation sites is 4. The summed E-state index contributed by atoms with van der Waals surface area (Å²) < 4.78 is 247. The molecule has 0 spiro atoms. The number of nitrogens with one attached hydrogen (secondary N) is 4. The molecule has 0 bridgehead atoms. The van der Waals surface area contributed by atoms with E-state index in [1.807, 2.05) is 9.97 Å². The number of phosphoric acid groups is 4. The molecule has 4 aromatic carbocycles. The number of benzene rings is 4. The minimum atomic E-state index is -4.65. The number of aliphatic hydroxyl groups excluding tert-OH is 4. The van der Waals surface area contributed by atoms with Gasteiger partial charge in [-0.25, -0.2) is 50.2 Å². The number of amides is 1. The topological polar surface area (TPSA) is 494 Å². The molecular weight excluding hydrogens is 1680 g/mol. The number of carbonyl (C=O) groups excluding carboxylic acids is 1. The van der Waals surface area contributed by atoms with Crippen LogP contribution < -0.4 is 57.2 Å². The zero-order valence-electron chi connectivity index (χ0n) is 70.4. The van der Waals surface area contributed by atoms with Crippen molar-refractivity contribution in [3.8, 4) is 23.0 Å². The van der Waals surface area contributed by atoms with E-state index in [0.29, 0.717) is 55.0 Å². The zero-order valence-corrected chi connectivity index (χ0v) is 68.0. The van der Waals surface area contributed by atoms with E-state index in [0.717, 1.165) is 44.4 Å². The lowest BCUT2D eigenvalue weighted by atomic mass is 10.1. The van der Waals surface area contributed by atoms with E-state index in [4.69, 9.17) is 81.5 Å². The third-order valence-electron chi connectivity index (χ3n) is 19.0. The van der Waals surface area contributed by atoms with Crippen LogP contribution in [0.15, 0.2) is 144 Å². The van der Waals surface area contributed by atoms with Gasteiger partial charge in [0.2, 0.25) is 23.4 Å². The number of phosphoric ester groups is 4. The summed E-state index contributed by atoms with van der Waals surface area (Å²) in [6, 6.07) is 20.6. The van der Waals surface area contributed by atoms with E-state index in [-0.39, 0.29) is 66.0 Å². The monoisotopic (exact) mass is 1770 g/mol. The molecule has 47 heteroatoms. The molecule has 16 atom stereocenters. The highest BCUT2D eigenvalue weighted by Crippen LogP contribution is 2.61. The molecule has 3 aromatic heterocycles. The number of nitrogens with zero attached hydrogens (tertiary/aromatic N) is 4. The van der Waals surface area contributed by atoms with E-state index in [1.54, 1.807) is 100 Å². The van der Waals surface area contributed by atoms with E-state index >= 15 is 17.6 Å². The molecule has 648 valence electrons. The maximum absolute atomic E-state index is 15.8. The molecule has 4 unspecified atom stereocenters. The zero-order chi connectivity index (χ0) is 92.2. The summed E-state index contributed by atoms with van der Waals surface area (Å²) in [4.78, 5) is 89.5. The number of halogens is 4. The highest BCUT2D eigenvalue weighted by Gasteiger charge is 2.56. The first-order chi connectivity index (χ1) is 58.6. The van der Waals surface area contributed by atoms with Crippen LogP contribution in [0.3, 0.4) is 0 Å². The number of aromatic nitrogens is 6. The molecule has 7 aromatic rings. The van der Waals surface area contributed by atoms with Gasteiger partial charge in [-0.2, -0.15) is 0 Å². The van der Waals surface area contributed by atoms with Crippen molar-refractivity contribution in [3.05, 3.63) is 239 Å². The Morgan fingerprint density at radius 1 is 0.450 bits per heavy atom. The predicted octanol–water partition coefficient (Wildman–Crippen LogP) is 8.11. The van der Waals surface area contributed by atoms with Crippen LogP contribution >= 0.6 is 31.3 Å². The quantitative estimate of drug-likeness (QED) is 0.0334. The Morgan fingerprint density at radius 2 is 0.758 bits per heavy atom. The van der Waals surface area contributed by atoms with E-state index in [1.165, 1.54) is 27.7 Å². The van der Waals surface area contributed by atoms with E-state index < -0.39 is 196 Å². The van der Waals surface area contributed by atoms with Gasteiger partial charge in [-0.05, 0) is 77.6 Å². The molecule has 0 radical (unpaired) electrons. The first-order valence-electron chi connectivity index (χ1n) is 39.1. The van der Waals surface area contributed by atoms with Gasteiger partial charge in [0.1, 0.15) is 79.6 Å². The molecule has 16 rings (SSSR count). The highest BCUT2D eigenvalue weighted by molar-refractivity contribution is 7.49. The Kier molecular flexibility index (Phi) is 23.0. The van der Waals surface area contributed by atoms with Crippen LogP contribution in [-0.4, -0.2) is 140 Å². The van der Waals surface area contributed by atoms with Gasteiger partial charge in [0.05, 0.1) is 34.7 Å². The third-order valence-corrected chi connectivity index (χ3v) is 23.9. The van der Waals surface area contributed by atoms with Crippen molar-refractivity contribution in [2.75, 3.05) is 26.3 Å². The molecule has 0 aliphatic carbocycles. The lowest BCUT2D eigenvalue weighted by Crippen LogP contribution is -2.46. The van der Waals surface area contributed by atoms with Crippen molar-refractivity contribution in [1.82, 2.24) is 38.9 Å². The summed E-state index contributed by atoms with van der Waals surface area (Å²) in [5.41, 5.74) is 0.556. The van der Waals surface area contributed by atoms with Gasteiger partial charge >= 0.3 is 48.4 Å². The van der Waals surface area contributed by atoms with Crippen molar-refractivity contribution in [3.63, 3.8) is 0 Å². The smallest absolute Gasteiger partial charge is 0.403 e. The molecular formula is C73H82F4N8O31P4. The van der Waals surface area contributed by atoms with Gasteiger partial charge in [0, 0.05) is 95.0 Å². The molecule has 9 aliphatic heterocycles. The summed E-state index contributed by atoms with van der Waals surface area (Å²) >= 11 is 0. The van der Waals surface area contributed by atoms with Gasteiger partial charge in [0.15, 0.2) is 24.9 Å². The number of aliphatic hydroxyl groups is 4. The first-order valence-corrected chi connectivity index (χ1v) is 41.9. The maximum atomic E-state index is 15.8. The van der Waals surface area contributed by atoms with Crippen molar-refractivity contribution in [1.29, 1.82) is 0 Å². The number of carbonyl (C=O) groups is 1. The number of aryl methyl sites for hydroxylation is 7. The van der Waals surface area contributed by atoms with Gasteiger partial charge in [-0.15, -0.1) is 0 Å². The fraction of sp³-hybridized carbons (Fsp3) is 0.438. The van der Waals surface area contributed by atoms with Crippen molar-refractivity contribution >= 4 is 37.2 Å². The number of H-pyrrole nitrogens is 3. The van der Waals surface area contributed by atoms with Gasteiger partial charge < -0.3 is 67.7 Å². The Labute approximate surface area is 685 Å². The number of hydrogen-bond acceptors (Lipinski definition) is 32. The van der Waals surface area contributed by atoms with Crippen LogP contribution in [0.2, 0.25) is 0 Å². The molecule has 12 heterocycles. The minimum Gasteiger partial charge on any atom is -0.403 e. The number of rotatable bonds is 16. The van der Waals surface area contributed by atoms with Crippen LogP contribution in [0.25, 0.3) is 0 Å². The molecule has 39 nitrogen and oxygen atoms in total. The normalized spacial score (nSPS) is 33.6. The highest BCUT2D eigenvalue weighted by atomic mass is 31.2. The summed E-state index contributed by atoms with van der Waals surface area (Å²) in [7, 11) is -17.6. The van der Waals surface area contributed by atoms with Crippen LogP contribution in [0.1, 0.15) is 121 Å². The number of aromatic amines is 3. The number of alkyl halides is 4. The molecule has 8 N–H and O–H groups in total. The molecule has 4 saturated heterocycles. The van der Waals surface area contributed by atoms with Gasteiger partial charge in [-0.3, -0.25) is 84.0 Å². The number of fused-ring (bicyclic) bond motifs is 4. The largest absolute Gasteiger partial charge is 0.530 e. The fourth-order valence-electron chi connectivity index (χ4n) is 12.8. The summed E-state index contributed by atoms with van der Waals surface area (Å²) in [5.74, 6) is -11.9. The molecule has 4 fully saturated rings. The lowest BCUT2D eigenvalue weighted by molar-refractivity contribution is -0.184. The second-order valence-electron chi connectivity index (χ2n) is 28.5. The van der Waals surface area contributed by atoms with Crippen LogP contribution in [0.4, 0.5) is 17.6 Å². The third kappa shape index (κ3) is 19.5. The Morgan fingerprint density at radius 3 is 1.16 bits per heavy atom. The van der Waals surface area contributed by atoms with Crippen molar-refractivity contribution in [2.45, 2.75) is 180 Å². The number of hydrogen-bond donors (Lipinski definition) is 8. The average molecular weight is 1770 g/mol. The predicted molar refractivity (Wildman–Crippen MR) is 405 cm³/mol. The van der Waals surface area contributed by atoms with Gasteiger partial charge in [-0.1, -0.05) is 79.4 Å². The lowest BCUT2D eigenvalue weighted by Gasteiger charge is -2.34.